The third-order valence-corrected chi connectivity index (χ3v) is 5.08. The minimum Gasteiger partial charge on any atom is -0.460 e. The fourth-order valence-corrected chi connectivity index (χ4v) is 3.60. The first-order chi connectivity index (χ1) is 12.6. The van der Waals surface area contributed by atoms with Crippen LogP contribution in [0.3, 0.4) is 0 Å². The molecular formula is C21H37NO5. The van der Waals surface area contributed by atoms with Gasteiger partial charge in [0.1, 0.15) is 11.6 Å². The Morgan fingerprint density at radius 3 is 2.30 bits per heavy atom. The van der Waals surface area contributed by atoms with Crippen LogP contribution in [0, 0.1) is 11.8 Å². The van der Waals surface area contributed by atoms with Gasteiger partial charge in [-0.2, -0.15) is 0 Å². The first-order valence-electron chi connectivity index (χ1n) is 10.3. The molecule has 1 rings (SSSR count). The van der Waals surface area contributed by atoms with Gasteiger partial charge in [-0.3, -0.25) is 14.4 Å². The predicted molar refractivity (Wildman–Crippen MR) is 104 cm³/mol. The van der Waals surface area contributed by atoms with E-state index in [4.69, 9.17) is 4.74 Å². The Morgan fingerprint density at radius 2 is 1.78 bits per heavy atom. The maximum Gasteiger partial charge on any atom is 0.307 e. The summed E-state index contributed by atoms with van der Waals surface area (Å²) >= 11 is 0. The van der Waals surface area contributed by atoms with Crippen molar-refractivity contribution < 1.29 is 24.2 Å². The second kappa shape index (κ2) is 11.4. The molecule has 0 aromatic carbocycles. The molecule has 1 saturated carbocycles. The summed E-state index contributed by atoms with van der Waals surface area (Å²) in [5.41, 5.74) is -0.604. The fraction of sp³-hybridized carbons (Fsp3) is 0.857. The highest BCUT2D eigenvalue weighted by Crippen LogP contribution is 2.29. The monoisotopic (exact) mass is 383 g/mol. The Bertz CT molecular complexity index is 491. The molecule has 6 heteroatoms. The standard InChI is InChI=1S/C21H37NO5/c1-15(24)18(14-23)22-20(26)17(13-19(25)27-21(2,3)4)12-8-11-16-9-6-5-7-10-16/h16-18,23H,5-14H2,1-4H3,(H,22,26)/t17-,18+/m1/s1. The van der Waals surface area contributed by atoms with Crippen LogP contribution < -0.4 is 5.32 Å². The molecule has 6 nitrogen and oxygen atoms in total. The largest absolute Gasteiger partial charge is 0.460 e. The molecule has 2 N–H and O–H groups in total. The molecule has 156 valence electrons. The summed E-state index contributed by atoms with van der Waals surface area (Å²) in [6.45, 7) is 6.26. The number of hydrogen-bond acceptors (Lipinski definition) is 5. The number of ketones is 1. The summed E-state index contributed by atoms with van der Waals surface area (Å²) in [6.07, 6.45) is 8.88. The van der Waals surface area contributed by atoms with Crippen LogP contribution in [0.2, 0.25) is 0 Å². The van der Waals surface area contributed by atoms with E-state index in [-0.39, 0.29) is 18.1 Å². The molecule has 0 heterocycles. The van der Waals surface area contributed by atoms with Gasteiger partial charge >= 0.3 is 5.97 Å². The molecule has 0 saturated heterocycles. The quantitative estimate of drug-likeness (QED) is 0.565. The normalized spacial score (nSPS) is 17.8. The van der Waals surface area contributed by atoms with Crippen molar-refractivity contribution >= 4 is 17.7 Å². The average molecular weight is 384 g/mol. The van der Waals surface area contributed by atoms with Gasteiger partial charge in [0.05, 0.1) is 13.0 Å². The number of rotatable bonds is 10. The molecule has 0 spiro atoms. The van der Waals surface area contributed by atoms with Crippen molar-refractivity contribution in [3.05, 3.63) is 0 Å². The van der Waals surface area contributed by atoms with Crippen molar-refractivity contribution in [2.75, 3.05) is 6.61 Å². The van der Waals surface area contributed by atoms with Crippen LogP contribution >= 0.6 is 0 Å². The van der Waals surface area contributed by atoms with Gasteiger partial charge in [0.15, 0.2) is 5.78 Å². The van der Waals surface area contributed by atoms with E-state index in [0.29, 0.717) is 12.3 Å². The van der Waals surface area contributed by atoms with Crippen LogP contribution in [0.4, 0.5) is 0 Å². The number of nitrogens with one attached hydrogen (secondary N) is 1. The van der Waals surface area contributed by atoms with Crippen molar-refractivity contribution in [2.45, 2.75) is 97.1 Å². The van der Waals surface area contributed by atoms with Crippen molar-refractivity contribution in [3.63, 3.8) is 0 Å². The lowest BCUT2D eigenvalue weighted by Gasteiger charge is -2.24. The lowest BCUT2D eigenvalue weighted by atomic mass is 9.84. The summed E-state index contributed by atoms with van der Waals surface area (Å²) in [5.74, 6) is -0.908. The van der Waals surface area contributed by atoms with Crippen molar-refractivity contribution in [3.8, 4) is 0 Å². The van der Waals surface area contributed by atoms with Gasteiger partial charge in [0.2, 0.25) is 5.91 Å². The van der Waals surface area contributed by atoms with E-state index in [1.165, 1.54) is 39.0 Å². The molecule has 0 aromatic heterocycles. The molecule has 1 fully saturated rings. The van der Waals surface area contributed by atoms with E-state index in [9.17, 15) is 19.5 Å². The molecule has 27 heavy (non-hydrogen) atoms. The molecule has 0 aliphatic heterocycles. The van der Waals surface area contributed by atoms with Crippen LogP contribution in [-0.2, 0) is 19.1 Å². The SMILES string of the molecule is CC(=O)[C@H](CO)NC(=O)[C@H](CCCC1CCCCC1)CC(=O)OC(C)(C)C. The molecule has 0 aromatic rings. The lowest BCUT2D eigenvalue weighted by molar-refractivity contribution is -0.157. The van der Waals surface area contributed by atoms with Gasteiger partial charge in [-0.1, -0.05) is 44.9 Å². The Kier molecular flexibility index (Phi) is 9.99. The van der Waals surface area contributed by atoms with Crippen LogP contribution in [0.1, 0.15) is 85.5 Å². The maximum absolute atomic E-state index is 12.6. The van der Waals surface area contributed by atoms with Gasteiger partial charge < -0.3 is 15.2 Å². The predicted octanol–water partition coefficient (Wildman–Crippen LogP) is 3.15. The van der Waals surface area contributed by atoms with Gasteiger partial charge in [0.25, 0.3) is 0 Å². The highest BCUT2D eigenvalue weighted by atomic mass is 16.6. The third kappa shape index (κ3) is 9.89. The number of ether oxygens (including phenoxy) is 1. The summed E-state index contributed by atoms with van der Waals surface area (Å²) in [5, 5.41) is 11.9. The molecule has 1 aliphatic carbocycles. The van der Waals surface area contributed by atoms with Crippen molar-refractivity contribution in [2.24, 2.45) is 11.8 Å². The van der Waals surface area contributed by atoms with E-state index in [1.54, 1.807) is 20.8 Å². The molecule has 1 aliphatic rings. The number of carbonyl (C=O) groups is 3. The van der Waals surface area contributed by atoms with Crippen LogP contribution in [-0.4, -0.2) is 41.0 Å². The van der Waals surface area contributed by atoms with Gasteiger partial charge in [-0.15, -0.1) is 0 Å². The lowest BCUT2D eigenvalue weighted by Crippen LogP contribution is -2.45. The van der Waals surface area contributed by atoms with Gasteiger partial charge in [0, 0.05) is 5.92 Å². The highest BCUT2D eigenvalue weighted by molar-refractivity contribution is 5.90. The average Bonchev–Trinajstić information content (AvgIpc) is 2.57. The van der Waals surface area contributed by atoms with E-state index >= 15 is 0 Å². The summed E-state index contributed by atoms with van der Waals surface area (Å²) in [4.78, 5) is 36.3. The smallest absolute Gasteiger partial charge is 0.307 e. The van der Waals surface area contributed by atoms with Crippen LogP contribution in [0.25, 0.3) is 0 Å². The number of carbonyl (C=O) groups excluding carboxylic acids is 3. The van der Waals surface area contributed by atoms with Crippen molar-refractivity contribution in [1.82, 2.24) is 5.32 Å². The first-order valence-corrected chi connectivity index (χ1v) is 10.3. The van der Waals surface area contributed by atoms with E-state index in [1.807, 2.05) is 0 Å². The second-order valence-corrected chi connectivity index (χ2v) is 8.78. The Labute approximate surface area is 163 Å². The Morgan fingerprint density at radius 1 is 1.15 bits per heavy atom. The molecule has 0 unspecified atom stereocenters. The third-order valence-electron chi connectivity index (χ3n) is 5.08. The number of amides is 1. The van der Waals surface area contributed by atoms with E-state index in [0.717, 1.165) is 12.8 Å². The molecule has 1 amide bonds. The number of hydrogen-bond donors (Lipinski definition) is 2. The molecule has 2 atom stereocenters. The minimum atomic E-state index is -0.919. The van der Waals surface area contributed by atoms with Crippen LogP contribution in [0.5, 0.6) is 0 Å². The molecular weight excluding hydrogens is 346 g/mol. The number of Topliss-reactive ketones (excluding diaryl/α,β-unsaturated/α-hetero) is 1. The maximum atomic E-state index is 12.6. The first kappa shape index (κ1) is 23.6. The Balaban J connectivity index is 2.64. The second-order valence-electron chi connectivity index (χ2n) is 8.78. The minimum absolute atomic E-state index is 0.0101. The topological polar surface area (TPSA) is 92.7 Å². The molecule has 0 radical (unpaired) electrons. The van der Waals surface area contributed by atoms with Crippen molar-refractivity contribution in [1.29, 1.82) is 0 Å². The zero-order valence-electron chi connectivity index (χ0n) is 17.4. The number of esters is 1. The Hall–Kier alpha value is -1.43. The zero-order valence-corrected chi connectivity index (χ0v) is 17.4. The van der Waals surface area contributed by atoms with E-state index < -0.39 is 30.1 Å². The summed E-state index contributed by atoms with van der Waals surface area (Å²) < 4.78 is 5.36. The zero-order chi connectivity index (χ0) is 20.4. The van der Waals surface area contributed by atoms with Gasteiger partial charge in [-0.05, 0) is 40.0 Å². The van der Waals surface area contributed by atoms with E-state index in [2.05, 4.69) is 5.32 Å². The molecule has 0 bridgehead atoms. The van der Waals surface area contributed by atoms with Crippen LogP contribution in [0.15, 0.2) is 0 Å². The fourth-order valence-electron chi connectivity index (χ4n) is 3.60. The number of aliphatic hydroxyl groups is 1. The summed E-state index contributed by atoms with van der Waals surface area (Å²) in [6, 6.07) is -0.919. The van der Waals surface area contributed by atoms with Gasteiger partial charge in [-0.25, -0.2) is 0 Å². The number of aliphatic hydroxyl groups excluding tert-OH is 1. The highest BCUT2D eigenvalue weighted by Gasteiger charge is 2.28. The summed E-state index contributed by atoms with van der Waals surface area (Å²) in [7, 11) is 0.